The lowest BCUT2D eigenvalue weighted by Gasteiger charge is -2.40. The minimum absolute atomic E-state index is 0.00498. The Balaban J connectivity index is 1.81. The van der Waals surface area contributed by atoms with Crippen molar-refractivity contribution in [2.24, 2.45) is 0 Å². The predicted molar refractivity (Wildman–Crippen MR) is 93.8 cm³/mol. The van der Waals surface area contributed by atoms with Gasteiger partial charge in [0, 0.05) is 17.8 Å². The molecule has 8 heteroatoms. The van der Waals surface area contributed by atoms with E-state index in [0.29, 0.717) is 23.7 Å². The molecule has 0 radical (unpaired) electrons. The Kier molecular flexibility index (Phi) is 3.90. The maximum atomic E-state index is 14.7. The normalized spacial score (nSPS) is 22.3. The van der Waals surface area contributed by atoms with E-state index in [9.17, 15) is 12.9 Å². The lowest BCUT2D eigenvalue weighted by molar-refractivity contribution is 0.126. The molecule has 1 aromatic rings. The smallest absolute Gasteiger partial charge is 0.264 e. The van der Waals surface area contributed by atoms with Crippen LogP contribution in [0.1, 0.15) is 12.0 Å². The molecule has 1 unspecified atom stereocenters. The number of fused-ring (bicyclic) bond motifs is 4. The highest BCUT2D eigenvalue weighted by molar-refractivity contribution is 7.85. The van der Waals surface area contributed by atoms with Crippen molar-refractivity contribution in [2.45, 2.75) is 18.9 Å². The van der Waals surface area contributed by atoms with Crippen LogP contribution in [0.2, 0.25) is 0 Å². The van der Waals surface area contributed by atoms with Gasteiger partial charge >= 0.3 is 0 Å². The van der Waals surface area contributed by atoms with Gasteiger partial charge in [0.2, 0.25) is 0 Å². The summed E-state index contributed by atoms with van der Waals surface area (Å²) < 4.78 is 42.6. The number of anilines is 1. The van der Waals surface area contributed by atoms with Crippen LogP contribution in [0, 0.1) is 0 Å². The van der Waals surface area contributed by atoms with E-state index in [1.165, 1.54) is 6.08 Å². The predicted octanol–water partition coefficient (Wildman–Crippen LogP) is 3.22. The van der Waals surface area contributed by atoms with E-state index >= 15 is 0 Å². The molecule has 0 aromatic heterocycles. The van der Waals surface area contributed by atoms with Crippen molar-refractivity contribution in [3.63, 3.8) is 0 Å². The molecule has 4 rings (SSSR count). The lowest BCUT2D eigenvalue weighted by atomic mass is 9.93. The summed E-state index contributed by atoms with van der Waals surface area (Å²) in [6, 6.07) is 7.55. The van der Waals surface area contributed by atoms with Crippen LogP contribution in [0.5, 0.6) is 0 Å². The topological polar surface area (TPSA) is 49.9 Å². The molecule has 0 N–H and O–H groups in total. The number of rotatable bonds is 3. The zero-order valence-electron chi connectivity index (χ0n) is 13.4. The van der Waals surface area contributed by atoms with E-state index in [4.69, 9.17) is 15.8 Å². The third-order valence-corrected chi connectivity index (χ3v) is 5.42. The number of benzene rings is 1. The molecule has 1 atom stereocenters. The number of para-hydroxylation sites is 1. The van der Waals surface area contributed by atoms with Gasteiger partial charge in [-0.2, -0.15) is 13.5 Å². The average molecular weight is 383 g/mol. The highest BCUT2D eigenvalue weighted by atomic mass is 35.5. The van der Waals surface area contributed by atoms with Crippen LogP contribution < -0.4 is 4.90 Å². The van der Waals surface area contributed by atoms with Gasteiger partial charge < -0.3 is 4.90 Å². The maximum absolute atomic E-state index is 14.7. The first-order valence-corrected chi connectivity index (χ1v) is 10.0. The summed E-state index contributed by atoms with van der Waals surface area (Å²) in [5.74, 6) is 0. The van der Waals surface area contributed by atoms with Crippen LogP contribution >= 0.6 is 11.6 Å². The second kappa shape index (κ2) is 5.86. The quantitative estimate of drug-likeness (QED) is 0.456. The van der Waals surface area contributed by atoms with Crippen LogP contribution in [-0.2, 0) is 20.7 Å². The summed E-state index contributed by atoms with van der Waals surface area (Å²) in [5.41, 5.74) is 4.02. The van der Waals surface area contributed by atoms with Crippen LogP contribution in [0.4, 0.5) is 10.2 Å². The summed E-state index contributed by atoms with van der Waals surface area (Å²) in [6.45, 7) is 0.00498. The van der Waals surface area contributed by atoms with Crippen molar-refractivity contribution in [2.75, 3.05) is 17.8 Å². The Bertz CT molecular complexity index is 939. The minimum Gasteiger partial charge on any atom is -0.337 e. The molecule has 0 spiro atoms. The molecule has 0 bridgehead atoms. The lowest BCUT2D eigenvalue weighted by Crippen LogP contribution is -2.43. The SMILES string of the molecule is CS(=O)(=O)OCC1CC2=CC=C(Cl)N(F)C2=C2Cc3ccccc3N21. The van der Waals surface area contributed by atoms with E-state index in [1.807, 2.05) is 29.2 Å². The van der Waals surface area contributed by atoms with E-state index in [1.54, 1.807) is 6.08 Å². The van der Waals surface area contributed by atoms with Gasteiger partial charge in [-0.05, 0) is 29.7 Å². The molecule has 1 aromatic carbocycles. The molecule has 25 heavy (non-hydrogen) atoms. The van der Waals surface area contributed by atoms with Gasteiger partial charge in [0.1, 0.15) is 5.16 Å². The number of nitrogens with zero attached hydrogens (tertiary/aromatic N) is 2. The van der Waals surface area contributed by atoms with Crippen LogP contribution in [0.3, 0.4) is 0 Å². The third-order valence-electron chi connectivity index (χ3n) is 4.58. The van der Waals surface area contributed by atoms with Gasteiger partial charge in [-0.3, -0.25) is 4.18 Å². The molecule has 5 nitrogen and oxygen atoms in total. The first kappa shape index (κ1) is 16.6. The Morgan fingerprint density at radius 3 is 2.84 bits per heavy atom. The first-order chi connectivity index (χ1) is 11.8. The van der Waals surface area contributed by atoms with Crippen molar-refractivity contribution in [1.82, 2.24) is 5.12 Å². The van der Waals surface area contributed by atoms with Crippen LogP contribution in [0.15, 0.2) is 58.5 Å². The first-order valence-electron chi connectivity index (χ1n) is 7.82. The number of allylic oxidation sites excluding steroid dienone is 4. The highest BCUT2D eigenvalue weighted by Crippen LogP contribution is 2.47. The monoisotopic (exact) mass is 382 g/mol. The Hall–Kier alpha value is -1.83. The summed E-state index contributed by atoms with van der Waals surface area (Å²) in [5, 5.41) is 0.506. The van der Waals surface area contributed by atoms with E-state index in [0.717, 1.165) is 28.8 Å². The standard InChI is InChI=1S/C17H16ClFN2O3S/c1-25(22,23)24-10-13-8-12-6-7-16(18)21(19)17(12)15-9-11-4-2-3-5-14(11)20(13)15/h2-7,13H,8-10H2,1H3. The average Bonchev–Trinajstić information content (AvgIpc) is 2.94. The molecule has 0 fully saturated rings. The molecule has 0 amide bonds. The summed E-state index contributed by atoms with van der Waals surface area (Å²) in [7, 11) is -3.56. The van der Waals surface area contributed by atoms with Gasteiger partial charge in [-0.15, -0.1) is 0 Å². The van der Waals surface area contributed by atoms with E-state index in [-0.39, 0.29) is 17.8 Å². The molecule has 0 saturated heterocycles. The molecule has 3 aliphatic heterocycles. The van der Waals surface area contributed by atoms with Gasteiger partial charge in [0.05, 0.1) is 24.6 Å². The van der Waals surface area contributed by atoms with E-state index < -0.39 is 10.1 Å². The van der Waals surface area contributed by atoms with Crippen LogP contribution in [0.25, 0.3) is 0 Å². The fourth-order valence-corrected chi connectivity index (χ4v) is 4.16. The number of hydrogen-bond donors (Lipinski definition) is 0. The number of halogens is 2. The Morgan fingerprint density at radius 1 is 1.32 bits per heavy atom. The van der Waals surface area contributed by atoms with Crippen molar-refractivity contribution < 1.29 is 17.1 Å². The molecular weight excluding hydrogens is 367 g/mol. The largest absolute Gasteiger partial charge is 0.337 e. The third kappa shape index (κ3) is 2.86. The molecule has 0 saturated carbocycles. The fraction of sp³-hybridized carbons (Fsp3) is 0.294. The summed E-state index contributed by atoms with van der Waals surface area (Å²) in [4.78, 5) is 1.98. The number of hydrogen-bond acceptors (Lipinski definition) is 5. The van der Waals surface area contributed by atoms with Gasteiger partial charge in [0.25, 0.3) is 10.1 Å². The van der Waals surface area contributed by atoms with Gasteiger partial charge in [-0.25, -0.2) is 0 Å². The Labute approximate surface area is 150 Å². The minimum atomic E-state index is -3.56. The molecule has 3 heterocycles. The maximum Gasteiger partial charge on any atom is 0.264 e. The van der Waals surface area contributed by atoms with Gasteiger partial charge in [-0.1, -0.05) is 40.4 Å². The molecule has 132 valence electrons. The summed E-state index contributed by atoms with van der Waals surface area (Å²) >= 11 is 5.96. The Morgan fingerprint density at radius 2 is 2.08 bits per heavy atom. The van der Waals surface area contributed by atoms with Crippen LogP contribution in [-0.4, -0.2) is 32.4 Å². The second-order valence-corrected chi connectivity index (χ2v) is 8.31. The molecule has 0 aliphatic carbocycles. The van der Waals surface area contributed by atoms with Crippen molar-refractivity contribution in [3.05, 3.63) is 64.1 Å². The van der Waals surface area contributed by atoms with Crippen molar-refractivity contribution in [3.8, 4) is 0 Å². The van der Waals surface area contributed by atoms with Crippen molar-refractivity contribution in [1.29, 1.82) is 0 Å². The second-order valence-electron chi connectivity index (χ2n) is 6.28. The zero-order chi connectivity index (χ0) is 17.8. The summed E-state index contributed by atoms with van der Waals surface area (Å²) in [6.07, 6.45) is 5.34. The molecule has 3 aliphatic rings. The highest BCUT2D eigenvalue weighted by Gasteiger charge is 2.41. The van der Waals surface area contributed by atoms with E-state index in [2.05, 4.69) is 0 Å². The molecular formula is C17H16ClFN2O3S. The van der Waals surface area contributed by atoms with Crippen molar-refractivity contribution >= 4 is 27.4 Å². The zero-order valence-corrected chi connectivity index (χ0v) is 15.0. The fourth-order valence-electron chi connectivity index (χ4n) is 3.61. The van der Waals surface area contributed by atoms with Gasteiger partial charge in [0.15, 0.2) is 0 Å².